The molecule has 27 heavy (non-hydrogen) atoms. The Labute approximate surface area is 159 Å². The molecule has 0 fully saturated rings. The van der Waals surface area contributed by atoms with Crippen LogP contribution in [0.4, 0.5) is 11.4 Å². The average molecular weight is 380 g/mol. The van der Waals surface area contributed by atoms with Crippen LogP contribution in [0.3, 0.4) is 0 Å². The van der Waals surface area contributed by atoms with Crippen LogP contribution in [0.25, 0.3) is 11.1 Å². The standard InChI is InChI=1S/C21H20N2O3S/c1-27(25,26)23-20-10-6-5-9-19(20)22-21(24)15-16-11-13-18(14-12-16)17-7-3-2-4-8-17/h2-14,23H,15H2,1H3,(H,22,24). The van der Waals surface area contributed by atoms with Crippen LogP contribution in [0.15, 0.2) is 78.9 Å². The Kier molecular flexibility index (Phi) is 5.57. The van der Waals surface area contributed by atoms with Gasteiger partial charge in [0.25, 0.3) is 0 Å². The van der Waals surface area contributed by atoms with Crippen LogP contribution in [0.1, 0.15) is 5.56 Å². The van der Waals surface area contributed by atoms with Crippen LogP contribution < -0.4 is 10.0 Å². The smallest absolute Gasteiger partial charge is 0.229 e. The van der Waals surface area contributed by atoms with Gasteiger partial charge in [0, 0.05) is 0 Å². The second-order valence-corrected chi connectivity index (χ2v) is 7.96. The number of carbonyl (C=O) groups is 1. The highest BCUT2D eigenvalue weighted by molar-refractivity contribution is 7.92. The molecule has 6 heteroatoms. The lowest BCUT2D eigenvalue weighted by Crippen LogP contribution is -2.17. The molecular weight excluding hydrogens is 360 g/mol. The summed E-state index contributed by atoms with van der Waals surface area (Å²) in [6.07, 6.45) is 1.27. The highest BCUT2D eigenvalue weighted by Crippen LogP contribution is 2.23. The monoisotopic (exact) mass is 380 g/mol. The Hall–Kier alpha value is -3.12. The van der Waals surface area contributed by atoms with Crippen molar-refractivity contribution >= 4 is 27.3 Å². The van der Waals surface area contributed by atoms with E-state index in [1.165, 1.54) is 0 Å². The van der Waals surface area contributed by atoms with Crippen LogP contribution in [0, 0.1) is 0 Å². The molecule has 1 amide bonds. The molecule has 0 aliphatic rings. The van der Waals surface area contributed by atoms with E-state index < -0.39 is 10.0 Å². The van der Waals surface area contributed by atoms with Crippen LogP contribution in [0.5, 0.6) is 0 Å². The first-order chi connectivity index (χ1) is 12.9. The van der Waals surface area contributed by atoms with E-state index in [1.54, 1.807) is 24.3 Å². The molecule has 2 N–H and O–H groups in total. The molecule has 0 aliphatic carbocycles. The number of benzene rings is 3. The third-order valence-electron chi connectivity index (χ3n) is 3.92. The summed E-state index contributed by atoms with van der Waals surface area (Å²) in [6, 6.07) is 24.5. The molecule has 138 valence electrons. The number of sulfonamides is 1. The van der Waals surface area contributed by atoms with E-state index in [0.29, 0.717) is 11.4 Å². The van der Waals surface area contributed by atoms with Crippen molar-refractivity contribution in [1.82, 2.24) is 0 Å². The Bertz CT molecular complexity index is 1030. The maximum Gasteiger partial charge on any atom is 0.229 e. The molecule has 3 aromatic rings. The first-order valence-corrected chi connectivity index (χ1v) is 10.3. The van der Waals surface area contributed by atoms with Gasteiger partial charge in [-0.15, -0.1) is 0 Å². The molecule has 0 heterocycles. The highest BCUT2D eigenvalue weighted by atomic mass is 32.2. The lowest BCUT2D eigenvalue weighted by molar-refractivity contribution is -0.115. The van der Waals surface area contributed by atoms with Crippen molar-refractivity contribution in [1.29, 1.82) is 0 Å². The Morgan fingerprint density at radius 2 is 1.33 bits per heavy atom. The van der Waals surface area contributed by atoms with E-state index >= 15 is 0 Å². The van der Waals surface area contributed by atoms with Gasteiger partial charge in [0.2, 0.25) is 15.9 Å². The van der Waals surface area contributed by atoms with E-state index in [0.717, 1.165) is 22.9 Å². The average Bonchev–Trinajstić information content (AvgIpc) is 2.63. The topological polar surface area (TPSA) is 75.3 Å². The van der Waals surface area contributed by atoms with Crippen LogP contribution >= 0.6 is 0 Å². The Morgan fingerprint density at radius 1 is 0.778 bits per heavy atom. The number of rotatable bonds is 6. The fraction of sp³-hybridized carbons (Fsp3) is 0.0952. The first-order valence-electron chi connectivity index (χ1n) is 8.42. The molecule has 0 saturated carbocycles. The third kappa shape index (κ3) is 5.43. The number of anilines is 2. The quantitative estimate of drug-likeness (QED) is 0.681. The molecule has 0 spiro atoms. The van der Waals surface area contributed by atoms with Gasteiger partial charge in [0.15, 0.2) is 0 Å². The third-order valence-corrected chi connectivity index (χ3v) is 4.51. The molecule has 5 nitrogen and oxygen atoms in total. The number of amides is 1. The van der Waals surface area contributed by atoms with E-state index in [1.807, 2.05) is 54.6 Å². The lowest BCUT2D eigenvalue weighted by atomic mass is 10.0. The van der Waals surface area contributed by atoms with Gasteiger partial charge in [-0.25, -0.2) is 8.42 Å². The predicted octanol–water partition coefficient (Wildman–Crippen LogP) is 3.91. The zero-order valence-electron chi connectivity index (χ0n) is 14.8. The van der Waals surface area contributed by atoms with Gasteiger partial charge < -0.3 is 5.32 Å². The zero-order valence-corrected chi connectivity index (χ0v) is 15.7. The fourth-order valence-corrected chi connectivity index (χ4v) is 3.28. The summed E-state index contributed by atoms with van der Waals surface area (Å²) in [6.45, 7) is 0. The van der Waals surface area contributed by atoms with Crippen molar-refractivity contribution in [2.75, 3.05) is 16.3 Å². The van der Waals surface area contributed by atoms with E-state index in [2.05, 4.69) is 10.0 Å². The summed E-state index contributed by atoms with van der Waals surface area (Å²) < 4.78 is 25.3. The van der Waals surface area contributed by atoms with Crippen molar-refractivity contribution in [3.63, 3.8) is 0 Å². The number of para-hydroxylation sites is 2. The van der Waals surface area contributed by atoms with Gasteiger partial charge in [0.05, 0.1) is 24.1 Å². The summed E-state index contributed by atoms with van der Waals surface area (Å²) in [7, 11) is -3.43. The van der Waals surface area contributed by atoms with Crippen molar-refractivity contribution in [3.8, 4) is 11.1 Å². The van der Waals surface area contributed by atoms with Crippen LogP contribution in [-0.4, -0.2) is 20.6 Å². The van der Waals surface area contributed by atoms with E-state index in [-0.39, 0.29) is 12.3 Å². The van der Waals surface area contributed by atoms with E-state index in [9.17, 15) is 13.2 Å². The summed E-state index contributed by atoms with van der Waals surface area (Å²) in [4.78, 5) is 12.4. The summed E-state index contributed by atoms with van der Waals surface area (Å²) in [5.74, 6) is -0.217. The molecule has 3 rings (SSSR count). The van der Waals surface area contributed by atoms with Gasteiger partial charge >= 0.3 is 0 Å². The summed E-state index contributed by atoms with van der Waals surface area (Å²) in [5.41, 5.74) is 3.85. The van der Waals surface area contributed by atoms with Gasteiger partial charge in [-0.3, -0.25) is 9.52 Å². The van der Waals surface area contributed by atoms with Crippen molar-refractivity contribution in [3.05, 3.63) is 84.4 Å². The molecule has 0 aliphatic heterocycles. The molecule has 0 aromatic heterocycles. The zero-order chi connectivity index (χ0) is 19.3. The molecule has 0 bridgehead atoms. The Balaban J connectivity index is 1.68. The fourth-order valence-electron chi connectivity index (χ4n) is 2.71. The second-order valence-electron chi connectivity index (χ2n) is 6.21. The number of hydrogen-bond donors (Lipinski definition) is 2. The van der Waals surface area contributed by atoms with Crippen LogP contribution in [-0.2, 0) is 21.2 Å². The van der Waals surface area contributed by atoms with Crippen molar-refractivity contribution in [2.24, 2.45) is 0 Å². The minimum atomic E-state index is -3.43. The van der Waals surface area contributed by atoms with Crippen molar-refractivity contribution < 1.29 is 13.2 Å². The largest absolute Gasteiger partial charge is 0.324 e. The minimum absolute atomic E-state index is 0.197. The second kappa shape index (κ2) is 8.05. The van der Waals surface area contributed by atoms with E-state index in [4.69, 9.17) is 0 Å². The van der Waals surface area contributed by atoms with Gasteiger partial charge in [0.1, 0.15) is 0 Å². The van der Waals surface area contributed by atoms with Gasteiger partial charge in [-0.2, -0.15) is 0 Å². The number of nitrogens with one attached hydrogen (secondary N) is 2. The summed E-state index contributed by atoms with van der Waals surface area (Å²) >= 11 is 0. The van der Waals surface area contributed by atoms with Crippen molar-refractivity contribution in [2.45, 2.75) is 6.42 Å². The normalized spacial score (nSPS) is 11.0. The van der Waals surface area contributed by atoms with Crippen LogP contribution in [0.2, 0.25) is 0 Å². The molecule has 0 saturated heterocycles. The molecule has 0 atom stereocenters. The van der Waals surface area contributed by atoms with Gasteiger partial charge in [-0.1, -0.05) is 66.7 Å². The minimum Gasteiger partial charge on any atom is -0.324 e. The summed E-state index contributed by atoms with van der Waals surface area (Å²) in [5, 5.41) is 2.76. The number of hydrogen-bond acceptors (Lipinski definition) is 3. The van der Waals surface area contributed by atoms with Gasteiger partial charge in [-0.05, 0) is 28.8 Å². The predicted molar refractivity (Wildman–Crippen MR) is 109 cm³/mol. The highest BCUT2D eigenvalue weighted by Gasteiger charge is 2.10. The Morgan fingerprint density at radius 3 is 1.96 bits per heavy atom. The molecular formula is C21H20N2O3S. The SMILES string of the molecule is CS(=O)(=O)Nc1ccccc1NC(=O)Cc1ccc(-c2ccccc2)cc1. The maximum atomic E-state index is 12.4. The lowest BCUT2D eigenvalue weighted by Gasteiger charge is -2.12. The molecule has 3 aromatic carbocycles. The maximum absolute atomic E-state index is 12.4. The first kappa shape index (κ1) is 18.7. The molecule has 0 unspecified atom stereocenters. The molecule has 0 radical (unpaired) electrons. The number of carbonyl (C=O) groups excluding carboxylic acids is 1.